The molecule has 0 amide bonds. The maximum Gasteiger partial charge on any atom is 0.00104 e. The zero-order valence-corrected chi connectivity index (χ0v) is 16.2. The highest BCUT2D eigenvalue weighted by Crippen LogP contribution is 2.27. The molecule has 0 N–H and O–H groups in total. The molecule has 1 heteroatoms. The zero-order valence-electron chi connectivity index (χ0n) is 16.2. The molecule has 1 fully saturated rings. The molecule has 0 aliphatic carbocycles. The summed E-state index contributed by atoms with van der Waals surface area (Å²) in [5.41, 5.74) is 3.26. The molecule has 1 aliphatic rings. The summed E-state index contributed by atoms with van der Waals surface area (Å²) in [7, 11) is 0. The van der Waals surface area contributed by atoms with Crippen LogP contribution in [0.15, 0.2) is 24.3 Å². The molecule has 3 atom stereocenters. The van der Waals surface area contributed by atoms with Crippen LogP contribution in [-0.2, 0) is 11.8 Å². The molecule has 0 bridgehead atoms. The SMILES string of the molecule is CCC(C)(C)c1ccc(CC(C)CN2CC(C)CC(C)C2)cc1. The first-order valence-electron chi connectivity index (χ1n) is 9.62. The lowest BCUT2D eigenvalue weighted by molar-refractivity contribution is 0.125. The first-order valence-corrected chi connectivity index (χ1v) is 9.62. The second-order valence-electron chi connectivity index (χ2n) is 8.91. The van der Waals surface area contributed by atoms with Gasteiger partial charge in [0.2, 0.25) is 0 Å². The molecule has 0 spiro atoms. The van der Waals surface area contributed by atoms with Crippen molar-refractivity contribution in [2.75, 3.05) is 19.6 Å². The van der Waals surface area contributed by atoms with Gasteiger partial charge < -0.3 is 4.90 Å². The minimum absolute atomic E-state index is 0.296. The number of benzene rings is 1. The highest BCUT2D eigenvalue weighted by atomic mass is 15.1. The fraction of sp³-hybridized carbons (Fsp3) is 0.727. The van der Waals surface area contributed by atoms with E-state index in [-0.39, 0.29) is 0 Å². The number of nitrogens with zero attached hydrogens (tertiary/aromatic N) is 1. The summed E-state index contributed by atoms with van der Waals surface area (Å²) in [6.07, 6.45) is 3.79. The predicted molar refractivity (Wildman–Crippen MR) is 102 cm³/mol. The van der Waals surface area contributed by atoms with Crippen molar-refractivity contribution in [3.63, 3.8) is 0 Å². The third-order valence-corrected chi connectivity index (χ3v) is 5.72. The van der Waals surface area contributed by atoms with Gasteiger partial charge in [-0.1, -0.05) is 65.8 Å². The van der Waals surface area contributed by atoms with Crippen molar-refractivity contribution in [3.8, 4) is 0 Å². The Balaban J connectivity index is 1.89. The highest BCUT2D eigenvalue weighted by Gasteiger charge is 2.23. The first-order chi connectivity index (χ1) is 10.8. The second-order valence-corrected chi connectivity index (χ2v) is 8.91. The maximum atomic E-state index is 2.69. The van der Waals surface area contributed by atoms with E-state index in [0.29, 0.717) is 5.41 Å². The van der Waals surface area contributed by atoms with Crippen LogP contribution < -0.4 is 0 Å². The van der Waals surface area contributed by atoms with Crippen LogP contribution in [0.2, 0.25) is 0 Å². The minimum atomic E-state index is 0.296. The lowest BCUT2D eigenvalue weighted by Gasteiger charge is -2.36. The summed E-state index contributed by atoms with van der Waals surface area (Å²) >= 11 is 0. The van der Waals surface area contributed by atoms with Crippen LogP contribution >= 0.6 is 0 Å². The molecular formula is C22H37N. The normalized spacial score (nSPS) is 24.6. The Morgan fingerprint density at radius 3 is 2.17 bits per heavy atom. The minimum Gasteiger partial charge on any atom is -0.303 e. The third-order valence-electron chi connectivity index (χ3n) is 5.72. The Labute approximate surface area is 144 Å². The van der Waals surface area contributed by atoms with E-state index in [1.165, 1.54) is 50.0 Å². The van der Waals surface area contributed by atoms with Crippen molar-refractivity contribution in [2.24, 2.45) is 17.8 Å². The second kappa shape index (κ2) is 7.83. The predicted octanol–water partition coefficient (Wildman–Crippen LogP) is 5.53. The molecule has 2 rings (SSSR count). The maximum absolute atomic E-state index is 2.69. The Kier molecular flexibility index (Phi) is 6.31. The highest BCUT2D eigenvalue weighted by molar-refractivity contribution is 5.28. The fourth-order valence-electron chi connectivity index (χ4n) is 4.14. The van der Waals surface area contributed by atoms with Crippen molar-refractivity contribution in [2.45, 2.75) is 66.2 Å². The van der Waals surface area contributed by atoms with Crippen LogP contribution in [0.5, 0.6) is 0 Å². The summed E-state index contributed by atoms with van der Waals surface area (Å²) < 4.78 is 0. The van der Waals surface area contributed by atoms with Gasteiger partial charge in [-0.25, -0.2) is 0 Å². The topological polar surface area (TPSA) is 3.24 Å². The Hall–Kier alpha value is -0.820. The summed E-state index contributed by atoms with van der Waals surface area (Å²) in [6, 6.07) is 9.39. The van der Waals surface area contributed by atoms with E-state index in [1.807, 2.05) is 0 Å². The van der Waals surface area contributed by atoms with Gasteiger partial charge in [-0.05, 0) is 53.6 Å². The molecule has 1 heterocycles. The standard InChI is InChI=1S/C22H37N/c1-7-22(5,6)21-10-8-20(9-11-21)13-19(4)16-23-14-17(2)12-18(3)15-23/h8-11,17-19H,7,12-16H2,1-6H3. The zero-order chi connectivity index (χ0) is 17.0. The van der Waals surface area contributed by atoms with Gasteiger partial charge in [0, 0.05) is 19.6 Å². The summed E-state index contributed by atoms with van der Waals surface area (Å²) in [5.74, 6) is 2.46. The molecule has 23 heavy (non-hydrogen) atoms. The monoisotopic (exact) mass is 315 g/mol. The molecule has 0 saturated carbocycles. The number of hydrogen-bond acceptors (Lipinski definition) is 1. The Morgan fingerprint density at radius 2 is 1.65 bits per heavy atom. The van der Waals surface area contributed by atoms with Crippen LogP contribution in [0, 0.1) is 17.8 Å². The van der Waals surface area contributed by atoms with E-state index in [9.17, 15) is 0 Å². The van der Waals surface area contributed by atoms with Gasteiger partial charge in [-0.2, -0.15) is 0 Å². The number of piperidine rings is 1. The lowest BCUT2D eigenvalue weighted by atomic mass is 9.82. The number of likely N-dealkylation sites (tertiary alicyclic amines) is 1. The average molecular weight is 316 g/mol. The molecule has 0 aromatic heterocycles. The first kappa shape index (κ1) is 18.5. The summed E-state index contributed by atoms with van der Waals surface area (Å²) in [6.45, 7) is 18.0. The van der Waals surface area contributed by atoms with Crippen LogP contribution in [0.3, 0.4) is 0 Å². The molecule has 1 aromatic carbocycles. The van der Waals surface area contributed by atoms with E-state index in [0.717, 1.165) is 17.8 Å². The van der Waals surface area contributed by atoms with Crippen LogP contribution in [0.4, 0.5) is 0 Å². The van der Waals surface area contributed by atoms with Gasteiger partial charge in [0.15, 0.2) is 0 Å². The van der Waals surface area contributed by atoms with Crippen molar-refractivity contribution in [1.29, 1.82) is 0 Å². The van der Waals surface area contributed by atoms with Gasteiger partial charge in [0.05, 0.1) is 0 Å². The average Bonchev–Trinajstić information content (AvgIpc) is 2.46. The van der Waals surface area contributed by atoms with Gasteiger partial charge >= 0.3 is 0 Å². The van der Waals surface area contributed by atoms with Crippen molar-refractivity contribution in [3.05, 3.63) is 35.4 Å². The summed E-state index contributed by atoms with van der Waals surface area (Å²) in [4.78, 5) is 2.69. The van der Waals surface area contributed by atoms with E-state index >= 15 is 0 Å². The van der Waals surface area contributed by atoms with Gasteiger partial charge in [-0.3, -0.25) is 0 Å². The van der Waals surface area contributed by atoms with Crippen LogP contribution in [0.25, 0.3) is 0 Å². The lowest BCUT2D eigenvalue weighted by Crippen LogP contribution is -2.41. The van der Waals surface area contributed by atoms with Crippen molar-refractivity contribution in [1.82, 2.24) is 4.90 Å². The molecule has 1 aliphatic heterocycles. The van der Waals surface area contributed by atoms with Crippen LogP contribution in [-0.4, -0.2) is 24.5 Å². The van der Waals surface area contributed by atoms with Gasteiger partial charge in [0.1, 0.15) is 0 Å². The quantitative estimate of drug-likeness (QED) is 0.667. The van der Waals surface area contributed by atoms with E-state index < -0.39 is 0 Å². The molecule has 0 radical (unpaired) electrons. The Morgan fingerprint density at radius 1 is 1.09 bits per heavy atom. The third kappa shape index (κ3) is 5.35. The number of hydrogen-bond donors (Lipinski definition) is 0. The van der Waals surface area contributed by atoms with E-state index in [4.69, 9.17) is 0 Å². The molecule has 1 saturated heterocycles. The van der Waals surface area contributed by atoms with Crippen LogP contribution in [0.1, 0.15) is 65.5 Å². The van der Waals surface area contributed by atoms with Gasteiger partial charge in [0.25, 0.3) is 0 Å². The van der Waals surface area contributed by atoms with Gasteiger partial charge in [-0.15, -0.1) is 0 Å². The number of rotatable bonds is 6. The molecule has 1 aromatic rings. The molecule has 3 unspecified atom stereocenters. The van der Waals surface area contributed by atoms with Crippen molar-refractivity contribution >= 4 is 0 Å². The van der Waals surface area contributed by atoms with E-state index in [2.05, 4.69) is 70.7 Å². The smallest absolute Gasteiger partial charge is 0.00104 e. The fourth-order valence-corrected chi connectivity index (χ4v) is 4.14. The molecule has 1 nitrogen and oxygen atoms in total. The van der Waals surface area contributed by atoms with Crippen molar-refractivity contribution < 1.29 is 0 Å². The van der Waals surface area contributed by atoms with E-state index in [1.54, 1.807) is 0 Å². The summed E-state index contributed by atoms with van der Waals surface area (Å²) in [5, 5.41) is 0. The molecule has 130 valence electrons. The molecular weight excluding hydrogens is 278 g/mol. The largest absolute Gasteiger partial charge is 0.303 e. The Bertz CT molecular complexity index is 463.